The van der Waals surface area contributed by atoms with Crippen molar-refractivity contribution in [2.75, 3.05) is 33.0 Å². The van der Waals surface area contributed by atoms with Crippen molar-refractivity contribution in [3.63, 3.8) is 0 Å². The maximum absolute atomic E-state index is 12.2. The molecular weight excluding hydrogens is 316 g/mol. The minimum absolute atomic E-state index is 0.0951. The van der Waals surface area contributed by atoms with Gasteiger partial charge in [-0.25, -0.2) is 8.42 Å². The molecule has 7 heteroatoms. The van der Waals surface area contributed by atoms with Crippen molar-refractivity contribution in [3.05, 3.63) is 24.3 Å². The van der Waals surface area contributed by atoms with E-state index in [4.69, 9.17) is 4.74 Å². The maximum Gasteiger partial charge on any atom is 0.226 e. The van der Waals surface area contributed by atoms with Gasteiger partial charge in [0.05, 0.1) is 17.9 Å². The maximum atomic E-state index is 12.2. The Kier molecular flexibility index (Phi) is 6.01. The smallest absolute Gasteiger partial charge is 0.226 e. The zero-order valence-corrected chi connectivity index (χ0v) is 14.4. The lowest BCUT2D eigenvalue weighted by atomic mass is 10.1. The number of hydrogen-bond donors (Lipinski definition) is 1. The summed E-state index contributed by atoms with van der Waals surface area (Å²) in [6.45, 7) is 1.84. The lowest BCUT2D eigenvalue weighted by Gasteiger charge is -2.32. The van der Waals surface area contributed by atoms with E-state index in [1.807, 2.05) is 11.9 Å². The van der Waals surface area contributed by atoms with Gasteiger partial charge < -0.3 is 15.0 Å². The van der Waals surface area contributed by atoms with E-state index >= 15 is 0 Å². The van der Waals surface area contributed by atoms with Gasteiger partial charge in [-0.2, -0.15) is 0 Å². The Bertz CT molecular complexity index is 628. The summed E-state index contributed by atoms with van der Waals surface area (Å²) in [6, 6.07) is 6.61. The third kappa shape index (κ3) is 5.21. The molecule has 2 rings (SSSR count). The highest BCUT2D eigenvalue weighted by Gasteiger charge is 2.22. The lowest BCUT2D eigenvalue weighted by Crippen LogP contribution is -2.47. The number of likely N-dealkylation sites (tertiary alicyclic amines) is 1. The van der Waals surface area contributed by atoms with Gasteiger partial charge >= 0.3 is 0 Å². The number of ether oxygens (including phenoxy) is 1. The van der Waals surface area contributed by atoms with Crippen LogP contribution in [0.2, 0.25) is 0 Å². The fourth-order valence-corrected chi connectivity index (χ4v) is 3.27. The molecule has 23 heavy (non-hydrogen) atoms. The van der Waals surface area contributed by atoms with E-state index in [1.54, 1.807) is 12.1 Å². The molecule has 1 amide bonds. The average Bonchev–Trinajstić information content (AvgIpc) is 2.54. The number of sulfone groups is 1. The zero-order chi connectivity index (χ0) is 16.9. The standard InChI is InChI=1S/C16H24N2O4S/c1-17-13-4-3-10-18(12-13)16(19)9-11-22-14-5-7-15(8-6-14)23(2,20)21/h5-8,13,17H,3-4,9-12H2,1-2H3. The van der Waals surface area contributed by atoms with Crippen LogP contribution >= 0.6 is 0 Å². The van der Waals surface area contributed by atoms with Crippen LogP contribution in [0.5, 0.6) is 5.75 Å². The van der Waals surface area contributed by atoms with E-state index in [0.29, 0.717) is 18.2 Å². The van der Waals surface area contributed by atoms with Crippen LogP contribution in [-0.4, -0.2) is 58.3 Å². The summed E-state index contributed by atoms with van der Waals surface area (Å²) in [7, 11) is -1.28. The normalized spacial score (nSPS) is 18.7. The molecule has 1 unspecified atom stereocenters. The van der Waals surface area contributed by atoms with Crippen LogP contribution in [-0.2, 0) is 14.6 Å². The molecule has 1 aromatic carbocycles. The van der Waals surface area contributed by atoms with Gasteiger partial charge in [-0.05, 0) is 44.2 Å². The van der Waals surface area contributed by atoms with Crippen molar-refractivity contribution in [3.8, 4) is 5.75 Å². The van der Waals surface area contributed by atoms with Gasteiger partial charge in [0.2, 0.25) is 5.91 Å². The van der Waals surface area contributed by atoms with Crippen molar-refractivity contribution < 1.29 is 17.9 Å². The molecule has 0 spiro atoms. The first-order chi connectivity index (χ1) is 10.9. The number of amides is 1. The number of nitrogens with one attached hydrogen (secondary N) is 1. The summed E-state index contributed by atoms with van der Waals surface area (Å²) in [5, 5.41) is 3.21. The Labute approximate surface area is 137 Å². The third-order valence-electron chi connectivity index (χ3n) is 4.02. The largest absolute Gasteiger partial charge is 0.493 e. The van der Waals surface area contributed by atoms with Gasteiger partial charge in [-0.3, -0.25) is 4.79 Å². The molecule has 1 aliphatic rings. The van der Waals surface area contributed by atoms with Crippen LogP contribution in [0.3, 0.4) is 0 Å². The Balaban J connectivity index is 1.79. The van der Waals surface area contributed by atoms with Gasteiger partial charge in [0.25, 0.3) is 0 Å². The summed E-state index contributed by atoms with van der Waals surface area (Å²) in [5.41, 5.74) is 0. The number of rotatable bonds is 6. The predicted molar refractivity (Wildman–Crippen MR) is 88.3 cm³/mol. The SMILES string of the molecule is CNC1CCCN(C(=O)CCOc2ccc(S(C)(=O)=O)cc2)C1. The molecule has 1 aliphatic heterocycles. The number of carbonyl (C=O) groups excluding carboxylic acids is 1. The van der Waals surface area contributed by atoms with Crippen molar-refractivity contribution in [1.29, 1.82) is 0 Å². The molecule has 0 aliphatic carbocycles. The van der Waals surface area contributed by atoms with E-state index in [0.717, 1.165) is 25.9 Å². The Morgan fingerprint density at radius 3 is 2.65 bits per heavy atom. The predicted octanol–water partition coefficient (Wildman–Crippen LogP) is 1.07. The van der Waals surface area contributed by atoms with E-state index in [2.05, 4.69) is 5.32 Å². The Hall–Kier alpha value is -1.60. The number of benzene rings is 1. The monoisotopic (exact) mass is 340 g/mol. The third-order valence-corrected chi connectivity index (χ3v) is 5.15. The molecule has 1 N–H and O–H groups in total. The molecule has 0 aromatic heterocycles. The first-order valence-corrected chi connectivity index (χ1v) is 9.67. The van der Waals surface area contributed by atoms with E-state index < -0.39 is 9.84 Å². The summed E-state index contributed by atoms with van der Waals surface area (Å²) in [5.74, 6) is 0.662. The van der Waals surface area contributed by atoms with Gasteiger partial charge in [-0.15, -0.1) is 0 Å². The molecule has 0 saturated carbocycles. The van der Waals surface area contributed by atoms with Gasteiger partial charge in [0.1, 0.15) is 5.75 Å². The van der Waals surface area contributed by atoms with Crippen molar-refractivity contribution in [2.24, 2.45) is 0 Å². The average molecular weight is 340 g/mol. The van der Waals surface area contributed by atoms with Gasteiger partial charge in [-0.1, -0.05) is 0 Å². The van der Waals surface area contributed by atoms with Crippen LogP contribution in [0, 0.1) is 0 Å². The molecule has 1 atom stereocenters. The van der Waals surface area contributed by atoms with E-state index in [1.165, 1.54) is 18.4 Å². The molecule has 128 valence electrons. The van der Waals surface area contributed by atoms with Crippen LogP contribution in [0.25, 0.3) is 0 Å². The van der Waals surface area contributed by atoms with Crippen LogP contribution < -0.4 is 10.1 Å². The fraction of sp³-hybridized carbons (Fsp3) is 0.562. The summed E-state index contributed by atoms with van der Waals surface area (Å²) < 4.78 is 28.3. The number of nitrogens with zero attached hydrogens (tertiary/aromatic N) is 1. The first kappa shape index (κ1) is 17.7. The summed E-state index contributed by atoms with van der Waals surface area (Å²) in [6.07, 6.45) is 3.61. The molecule has 6 nitrogen and oxygen atoms in total. The van der Waals surface area contributed by atoms with Crippen molar-refractivity contribution >= 4 is 15.7 Å². The molecule has 1 heterocycles. The fourth-order valence-electron chi connectivity index (χ4n) is 2.64. The number of likely N-dealkylation sites (N-methyl/N-ethyl adjacent to an activating group) is 1. The van der Waals surface area contributed by atoms with E-state index in [-0.39, 0.29) is 17.4 Å². The zero-order valence-electron chi connectivity index (χ0n) is 13.6. The first-order valence-electron chi connectivity index (χ1n) is 7.78. The molecular formula is C16H24N2O4S. The number of carbonyl (C=O) groups is 1. The molecule has 1 saturated heterocycles. The molecule has 0 radical (unpaired) electrons. The van der Waals surface area contributed by atoms with Crippen molar-refractivity contribution in [2.45, 2.75) is 30.2 Å². The summed E-state index contributed by atoms with van der Waals surface area (Å²) >= 11 is 0. The minimum atomic E-state index is -3.20. The molecule has 1 fully saturated rings. The topological polar surface area (TPSA) is 75.7 Å². The highest BCUT2D eigenvalue weighted by Crippen LogP contribution is 2.16. The minimum Gasteiger partial charge on any atom is -0.493 e. The summed E-state index contributed by atoms with van der Waals surface area (Å²) in [4.78, 5) is 14.3. The highest BCUT2D eigenvalue weighted by molar-refractivity contribution is 7.90. The molecule has 1 aromatic rings. The van der Waals surface area contributed by atoms with Crippen molar-refractivity contribution in [1.82, 2.24) is 10.2 Å². The second kappa shape index (κ2) is 7.79. The van der Waals surface area contributed by atoms with Crippen LogP contribution in [0.4, 0.5) is 0 Å². The molecule has 0 bridgehead atoms. The van der Waals surface area contributed by atoms with Gasteiger partial charge in [0.15, 0.2) is 9.84 Å². The highest BCUT2D eigenvalue weighted by atomic mass is 32.2. The Morgan fingerprint density at radius 2 is 2.04 bits per heavy atom. The van der Waals surface area contributed by atoms with Crippen LogP contribution in [0.15, 0.2) is 29.2 Å². The van der Waals surface area contributed by atoms with E-state index in [9.17, 15) is 13.2 Å². The second-order valence-corrected chi connectivity index (χ2v) is 7.83. The quantitative estimate of drug-likeness (QED) is 0.838. The number of piperidine rings is 1. The van der Waals surface area contributed by atoms with Crippen LogP contribution in [0.1, 0.15) is 19.3 Å². The second-order valence-electron chi connectivity index (χ2n) is 5.81. The number of hydrogen-bond acceptors (Lipinski definition) is 5. The Morgan fingerprint density at radius 1 is 1.35 bits per heavy atom. The lowest BCUT2D eigenvalue weighted by molar-refractivity contribution is -0.133. The van der Waals surface area contributed by atoms with Gasteiger partial charge in [0, 0.05) is 25.4 Å².